The summed E-state index contributed by atoms with van der Waals surface area (Å²) in [5, 5.41) is 9.71. The molecule has 2 saturated heterocycles. The Labute approximate surface area is 312 Å². The van der Waals surface area contributed by atoms with Crippen LogP contribution in [0.25, 0.3) is 11.1 Å². The average molecular weight is 725 g/mol. The number of carboxylic acids is 1. The topological polar surface area (TPSA) is 62.2 Å². The number of nitrogens with zero attached hydrogens (tertiary/aromatic N) is 2. The maximum absolute atomic E-state index is 11.8. The van der Waals surface area contributed by atoms with Crippen molar-refractivity contribution in [2.75, 3.05) is 32.1 Å². The molecule has 0 saturated carbocycles. The Morgan fingerprint density at radius 1 is 0.706 bits per heavy atom. The summed E-state index contributed by atoms with van der Waals surface area (Å²) in [6.45, 7) is 10.2. The minimum atomic E-state index is -0.721. The van der Waals surface area contributed by atoms with Gasteiger partial charge in [-0.25, -0.2) is 0 Å². The predicted octanol–water partition coefficient (Wildman–Crippen LogP) is 10.00. The Morgan fingerprint density at radius 2 is 1.24 bits per heavy atom. The monoisotopic (exact) mass is 724 g/mol. The molecule has 51 heavy (non-hydrogen) atoms. The van der Waals surface area contributed by atoms with Crippen molar-refractivity contribution in [1.29, 1.82) is 0 Å². The fraction of sp³-hybridized carbons (Fsp3) is 0.419. The van der Waals surface area contributed by atoms with E-state index in [2.05, 4.69) is 103 Å². The first-order valence-electron chi connectivity index (χ1n) is 18.3. The number of thioether (sulfide) groups is 2. The van der Waals surface area contributed by atoms with Crippen molar-refractivity contribution in [3.8, 4) is 22.6 Å². The van der Waals surface area contributed by atoms with Crippen LogP contribution in [0.15, 0.2) is 82.6 Å². The molecule has 4 aromatic carbocycles. The SMILES string of the molecule is CSc1cc(CN2CCCCC2)ccc1OCc1cccc(-c2cccc(COc3ccc(CN4CCCC[C@H]4C(=O)O)cc3SC)c2C)c1C. The van der Waals surface area contributed by atoms with E-state index in [0.29, 0.717) is 26.2 Å². The standard InChI is InChI=1S/C43H52N2O4S2/c1-30-34(28-48-39-19-17-32(24-41(39)50-3)26-44-21-7-5-8-22-44)12-10-14-36(30)37-15-11-13-35(31(37)2)29-49-40-20-18-33(25-42(40)51-4)27-45-23-9-6-16-38(45)43(46)47/h10-15,17-20,24-25,38H,5-9,16,21-23,26-29H2,1-4H3,(H,46,47)/t38-/m0/s1. The van der Waals surface area contributed by atoms with E-state index < -0.39 is 12.0 Å². The van der Waals surface area contributed by atoms with Crippen LogP contribution in [-0.2, 0) is 31.1 Å². The molecule has 0 aromatic heterocycles. The van der Waals surface area contributed by atoms with Gasteiger partial charge >= 0.3 is 5.97 Å². The second-order valence-electron chi connectivity index (χ2n) is 13.9. The van der Waals surface area contributed by atoms with Gasteiger partial charge in [-0.15, -0.1) is 23.5 Å². The minimum absolute atomic E-state index is 0.404. The van der Waals surface area contributed by atoms with Crippen LogP contribution in [-0.4, -0.2) is 59.1 Å². The van der Waals surface area contributed by atoms with Gasteiger partial charge in [0, 0.05) is 22.9 Å². The summed E-state index contributed by atoms with van der Waals surface area (Å²) < 4.78 is 12.9. The van der Waals surface area contributed by atoms with Crippen LogP contribution in [0.1, 0.15) is 71.9 Å². The number of rotatable bonds is 14. The van der Waals surface area contributed by atoms with Crippen molar-refractivity contribution >= 4 is 29.5 Å². The van der Waals surface area contributed by atoms with Crippen LogP contribution >= 0.6 is 23.5 Å². The lowest BCUT2D eigenvalue weighted by Crippen LogP contribution is -2.43. The molecule has 6 rings (SSSR count). The molecule has 1 atom stereocenters. The Morgan fingerprint density at radius 3 is 1.76 bits per heavy atom. The minimum Gasteiger partial charge on any atom is -0.488 e. The summed E-state index contributed by atoms with van der Waals surface area (Å²) in [4.78, 5) is 18.7. The molecule has 0 bridgehead atoms. The highest BCUT2D eigenvalue weighted by Crippen LogP contribution is 2.35. The molecule has 6 nitrogen and oxygen atoms in total. The summed E-state index contributed by atoms with van der Waals surface area (Å²) in [6, 6.07) is 25.5. The predicted molar refractivity (Wildman–Crippen MR) is 211 cm³/mol. The van der Waals surface area contributed by atoms with Crippen molar-refractivity contribution in [2.45, 2.75) is 94.5 Å². The molecule has 2 aliphatic rings. The van der Waals surface area contributed by atoms with Gasteiger partial charge in [0.25, 0.3) is 0 Å². The van der Waals surface area contributed by atoms with Gasteiger partial charge in [0.15, 0.2) is 0 Å². The lowest BCUT2D eigenvalue weighted by Gasteiger charge is -2.33. The highest BCUT2D eigenvalue weighted by molar-refractivity contribution is 7.99. The third-order valence-corrected chi connectivity index (χ3v) is 12.1. The number of benzene rings is 4. The van der Waals surface area contributed by atoms with Crippen molar-refractivity contribution in [1.82, 2.24) is 9.80 Å². The van der Waals surface area contributed by atoms with E-state index in [0.717, 1.165) is 53.5 Å². The number of carbonyl (C=O) groups is 1. The van der Waals surface area contributed by atoms with Crippen LogP contribution in [0.4, 0.5) is 0 Å². The highest BCUT2D eigenvalue weighted by Gasteiger charge is 2.28. The van der Waals surface area contributed by atoms with Crippen LogP contribution in [0.3, 0.4) is 0 Å². The van der Waals surface area contributed by atoms with Crippen LogP contribution < -0.4 is 9.47 Å². The Balaban J connectivity index is 1.12. The fourth-order valence-electron chi connectivity index (χ4n) is 7.50. The molecule has 2 aliphatic heterocycles. The second kappa shape index (κ2) is 17.9. The van der Waals surface area contributed by atoms with E-state index in [4.69, 9.17) is 9.47 Å². The molecule has 0 aliphatic carbocycles. The van der Waals surface area contributed by atoms with Crippen molar-refractivity contribution in [2.24, 2.45) is 0 Å². The van der Waals surface area contributed by atoms with Gasteiger partial charge in [-0.2, -0.15) is 0 Å². The molecular formula is C43H52N2O4S2. The number of aliphatic carboxylic acids is 1. The average Bonchev–Trinajstić information content (AvgIpc) is 3.15. The number of hydrogen-bond acceptors (Lipinski definition) is 7. The molecule has 2 heterocycles. The zero-order chi connectivity index (χ0) is 35.7. The smallest absolute Gasteiger partial charge is 0.320 e. The maximum atomic E-state index is 11.8. The van der Waals surface area contributed by atoms with Gasteiger partial charge in [-0.05, 0) is 140 Å². The van der Waals surface area contributed by atoms with Crippen molar-refractivity contribution < 1.29 is 19.4 Å². The number of ether oxygens (including phenoxy) is 2. The molecule has 2 fully saturated rings. The van der Waals surface area contributed by atoms with Gasteiger partial charge < -0.3 is 14.6 Å². The first-order chi connectivity index (χ1) is 24.8. The number of piperidine rings is 2. The first kappa shape index (κ1) is 37.3. The zero-order valence-electron chi connectivity index (χ0n) is 30.6. The van der Waals surface area contributed by atoms with E-state index in [9.17, 15) is 9.90 Å². The summed E-state index contributed by atoms with van der Waals surface area (Å²) in [5.74, 6) is 1.07. The fourth-order valence-corrected chi connectivity index (χ4v) is 8.70. The second-order valence-corrected chi connectivity index (χ2v) is 15.6. The molecular weight excluding hydrogens is 673 g/mol. The summed E-state index contributed by atoms with van der Waals surface area (Å²) in [7, 11) is 0. The van der Waals surface area contributed by atoms with Gasteiger partial charge in [-0.1, -0.05) is 61.4 Å². The zero-order valence-corrected chi connectivity index (χ0v) is 32.2. The third kappa shape index (κ3) is 9.33. The van der Waals surface area contributed by atoms with Crippen LogP contribution in [0.2, 0.25) is 0 Å². The van der Waals surface area contributed by atoms with Crippen LogP contribution in [0, 0.1) is 13.8 Å². The third-order valence-electron chi connectivity index (χ3n) is 10.5. The highest BCUT2D eigenvalue weighted by atomic mass is 32.2. The van der Waals surface area contributed by atoms with Gasteiger partial charge in [0.1, 0.15) is 30.8 Å². The molecule has 0 amide bonds. The van der Waals surface area contributed by atoms with E-state index in [-0.39, 0.29) is 0 Å². The number of likely N-dealkylation sites (tertiary alicyclic amines) is 2. The molecule has 4 aromatic rings. The molecule has 270 valence electrons. The largest absolute Gasteiger partial charge is 0.488 e. The van der Waals surface area contributed by atoms with E-state index in [1.807, 2.05) is 6.07 Å². The lowest BCUT2D eigenvalue weighted by molar-refractivity contribution is -0.144. The van der Waals surface area contributed by atoms with E-state index >= 15 is 0 Å². The normalized spacial score (nSPS) is 17.0. The number of carboxylic acid groups (broad SMARTS) is 1. The Bertz CT molecular complexity index is 1810. The van der Waals surface area contributed by atoms with Crippen molar-refractivity contribution in [3.05, 3.63) is 106 Å². The van der Waals surface area contributed by atoms with Gasteiger partial charge in [0.05, 0.1) is 0 Å². The maximum Gasteiger partial charge on any atom is 0.320 e. The van der Waals surface area contributed by atoms with Gasteiger partial charge in [0.2, 0.25) is 0 Å². The molecule has 1 N–H and O–H groups in total. The summed E-state index contributed by atoms with van der Waals surface area (Å²) in [5.41, 5.74) is 9.66. The Hall–Kier alpha value is -3.43. The summed E-state index contributed by atoms with van der Waals surface area (Å²) in [6.07, 6.45) is 10.9. The quantitative estimate of drug-likeness (QED) is 0.129. The number of hydrogen-bond donors (Lipinski definition) is 1. The van der Waals surface area contributed by atoms with Crippen LogP contribution in [0.5, 0.6) is 11.5 Å². The molecule has 0 unspecified atom stereocenters. The van der Waals surface area contributed by atoms with Crippen molar-refractivity contribution in [3.63, 3.8) is 0 Å². The lowest BCUT2D eigenvalue weighted by atomic mass is 9.92. The Kier molecular flexibility index (Phi) is 13.1. The molecule has 8 heteroatoms. The molecule has 0 radical (unpaired) electrons. The molecule has 0 spiro atoms. The summed E-state index contributed by atoms with van der Waals surface area (Å²) >= 11 is 3.41. The first-order valence-corrected chi connectivity index (χ1v) is 20.8. The van der Waals surface area contributed by atoms with Gasteiger partial charge in [-0.3, -0.25) is 14.6 Å². The van der Waals surface area contributed by atoms with E-state index in [1.165, 1.54) is 70.6 Å². The van der Waals surface area contributed by atoms with E-state index in [1.54, 1.807) is 23.5 Å².